The fourth-order valence-electron chi connectivity index (χ4n) is 6.17. The van der Waals surface area contributed by atoms with Crippen molar-refractivity contribution in [3.05, 3.63) is 85.1 Å². The van der Waals surface area contributed by atoms with Crippen LogP contribution in [0.15, 0.2) is 85.1 Å². The van der Waals surface area contributed by atoms with Crippen molar-refractivity contribution < 1.29 is 68.2 Å². The maximum atomic E-state index is 12.8. The van der Waals surface area contributed by atoms with E-state index in [1.165, 1.54) is 19.3 Å². The molecule has 1 saturated carbocycles. The molecular formula is C47H77O14P. The highest BCUT2D eigenvalue weighted by atomic mass is 31.2. The topological polar surface area (TPSA) is 230 Å². The molecule has 0 aromatic carbocycles. The van der Waals surface area contributed by atoms with Gasteiger partial charge in [0.1, 0.15) is 43.2 Å². The van der Waals surface area contributed by atoms with Gasteiger partial charge in [-0.3, -0.25) is 18.6 Å². The number of aliphatic hydroxyl groups is 6. The minimum atomic E-state index is -5.18. The number of esters is 2. The molecule has 1 aliphatic rings. The number of allylic oxidation sites excluding steroid dienone is 13. The number of phosphoric ester groups is 1. The van der Waals surface area contributed by atoms with E-state index in [4.69, 9.17) is 18.5 Å². The van der Waals surface area contributed by atoms with Crippen LogP contribution in [0, 0.1) is 0 Å². The molecule has 0 saturated heterocycles. The molecule has 1 fully saturated rings. The summed E-state index contributed by atoms with van der Waals surface area (Å²) in [5.74, 6) is -1.33. The van der Waals surface area contributed by atoms with Crippen LogP contribution in [-0.4, -0.2) is 110 Å². The number of carbonyl (C=O) groups is 2. The van der Waals surface area contributed by atoms with Gasteiger partial charge in [-0.25, -0.2) is 4.57 Å². The average molecular weight is 897 g/mol. The Balaban J connectivity index is 2.59. The van der Waals surface area contributed by atoms with Gasteiger partial charge in [0.05, 0.1) is 12.7 Å². The molecule has 0 aromatic heterocycles. The Hall–Kier alpha value is -3.01. The molecule has 0 aromatic rings. The molecule has 1 aliphatic carbocycles. The Morgan fingerprint density at radius 1 is 0.597 bits per heavy atom. The lowest BCUT2D eigenvalue weighted by Gasteiger charge is -2.41. The normalized spacial score (nSPS) is 23.2. The lowest BCUT2D eigenvalue weighted by molar-refractivity contribution is -0.220. The van der Waals surface area contributed by atoms with Crippen molar-refractivity contribution in [3.8, 4) is 0 Å². The van der Waals surface area contributed by atoms with Gasteiger partial charge >= 0.3 is 19.8 Å². The molecule has 9 atom stereocenters. The van der Waals surface area contributed by atoms with Crippen LogP contribution in [0.4, 0.5) is 0 Å². The molecule has 62 heavy (non-hydrogen) atoms. The Kier molecular flexibility index (Phi) is 33.4. The second-order valence-corrected chi connectivity index (χ2v) is 16.8. The Bertz CT molecular complexity index is 1420. The number of rotatable bonds is 35. The summed E-state index contributed by atoms with van der Waals surface area (Å²) in [4.78, 5) is 35.7. The third-order valence-corrected chi connectivity index (χ3v) is 10.8. The lowest BCUT2D eigenvalue weighted by Crippen LogP contribution is -2.64. The minimum Gasteiger partial charge on any atom is -0.462 e. The van der Waals surface area contributed by atoms with Crippen LogP contribution in [0.5, 0.6) is 0 Å². The van der Waals surface area contributed by atoms with Gasteiger partial charge < -0.3 is 45.0 Å². The smallest absolute Gasteiger partial charge is 0.462 e. The summed E-state index contributed by atoms with van der Waals surface area (Å²) < 4.78 is 33.3. The van der Waals surface area contributed by atoms with E-state index < -0.39 is 81.8 Å². The largest absolute Gasteiger partial charge is 0.472 e. The number of ether oxygens (including phenoxy) is 2. The van der Waals surface area contributed by atoms with Gasteiger partial charge in [-0.1, -0.05) is 131 Å². The van der Waals surface area contributed by atoms with Gasteiger partial charge in [0.25, 0.3) is 0 Å². The number of aliphatic hydroxyl groups excluding tert-OH is 6. The third kappa shape index (κ3) is 28.6. The van der Waals surface area contributed by atoms with Gasteiger partial charge in [-0.2, -0.15) is 0 Å². The monoisotopic (exact) mass is 897 g/mol. The Labute approximate surface area is 370 Å². The van der Waals surface area contributed by atoms with Crippen molar-refractivity contribution in [2.24, 2.45) is 0 Å². The maximum absolute atomic E-state index is 12.8. The van der Waals surface area contributed by atoms with Crippen LogP contribution in [0.1, 0.15) is 136 Å². The highest BCUT2D eigenvalue weighted by molar-refractivity contribution is 7.47. The Morgan fingerprint density at radius 3 is 1.73 bits per heavy atom. The fraction of sp³-hybridized carbons (Fsp3) is 0.660. The molecule has 0 amide bonds. The van der Waals surface area contributed by atoms with Crippen molar-refractivity contribution in [1.82, 2.24) is 0 Å². The van der Waals surface area contributed by atoms with Crippen molar-refractivity contribution in [1.29, 1.82) is 0 Å². The lowest BCUT2D eigenvalue weighted by atomic mass is 9.85. The molecule has 0 spiro atoms. The first kappa shape index (κ1) is 57.0. The molecule has 7 N–H and O–H groups in total. The van der Waals surface area contributed by atoms with Crippen LogP contribution < -0.4 is 0 Å². The van der Waals surface area contributed by atoms with E-state index in [0.29, 0.717) is 6.42 Å². The molecule has 1 rings (SSSR count). The summed E-state index contributed by atoms with van der Waals surface area (Å²) in [6, 6.07) is 0. The van der Waals surface area contributed by atoms with Crippen LogP contribution in [0.2, 0.25) is 0 Å². The summed E-state index contributed by atoms with van der Waals surface area (Å²) in [6.45, 7) is 2.96. The predicted octanol–water partition coefficient (Wildman–Crippen LogP) is 7.47. The summed E-state index contributed by atoms with van der Waals surface area (Å²) in [5.41, 5.74) is 0. The third-order valence-electron chi connectivity index (χ3n) is 9.82. The quantitative estimate of drug-likeness (QED) is 0.0108. The van der Waals surface area contributed by atoms with E-state index in [1.807, 2.05) is 12.2 Å². The number of hydrogen-bond donors (Lipinski definition) is 7. The van der Waals surface area contributed by atoms with Gasteiger partial charge in [0.2, 0.25) is 0 Å². The molecule has 0 heterocycles. The van der Waals surface area contributed by atoms with Gasteiger partial charge in [-0.05, 0) is 77.0 Å². The fourth-order valence-corrected chi connectivity index (χ4v) is 7.14. The van der Waals surface area contributed by atoms with Crippen LogP contribution in [0.3, 0.4) is 0 Å². The second-order valence-electron chi connectivity index (χ2n) is 15.4. The molecule has 0 bridgehead atoms. The first-order valence-corrected chi connectivity index (χ1v) is 24.0. The summed E-state index contributed by atoms with van der Waals surface area (Å²) in [7, 11) is -5.18. The van der Waals surface area contributed by atoms with Crippen molar-refractivity contribution in [3.63, 3.8) is 0 Å². The first-order chi connectivity index (χ1) is 29.8. The summed E-state index contributed by atoms with van der Waals surface area (Å²) in [6.07, 6.45) is 29.4. The number of hydrogen-bond acceptors (Lipinski definition) is 13. The Morgan fingerprint density at radius 2 is 1.11 bits per heavy atom. The molecular weight excluding hydrogens is 819 g/mol. The molecule has 0 aliphatic heterocycles. The predicted molar refractivity (Wildman–Crippen MR) is 241 cm³/mol. The van der Waals surface area contributed by atoms with Crippen LogP contribution in [-0.2, 0) is 32.7 Å². The summed E-state index contributed by atoms with van der Waals surface area (Å²) in [5, 5.41) is 60.4. The SMILES string of the molecule is CC/C=C\C/C=C\C/C=C\CCCCCCCC(=O)OC[C@H](COP(=O)(O)OC1[C@H](O)[C@H](O)C(O)[C@H](O)[C@H]1O)OC(=O)CCC[C@@H](O)/C=C/C=C\C/C=C\C/C=C\CCCCC. The molecule has 14 nitrogen and oxygen atoms in total. The van der Waals surface area contributed by atoms with Crippen LogP contribution >= 0.6 is 7.82 Å². The van der Waals surface area contributed by atoms with Crippen LogP contribution in [0.25, 0.3) is 0 Å². The van der Waals surface area contributed by atoms with Gasteiger partial charge in [0, 0.05) is 12.8 Å². The van der Waals surface area contributed by atoms with Gasteiger partial charge in [0.15, 0.2) is 6.10 Å². The average Bonchev–Trinajstić information content (AvgIpc) is 3.25. The van der Waals surface area contributed by atoms with E-state index in [1.54, 1.807) is 12.2 Å². The molecule has 3 unspecified atom stereocenters. The summed E-state index contributed by atoms with van der Waals surface area (Å²) >= 11 is 0. The zero-order valence-electron chi connectivity index (χ0n) is 37.0. The second kappa shape index (κ2) is 36.3. The highest BCUT2D eigenvalue weighted by Gasteiger charge is 2.51. The van der Waals surface area contributed by atoms with Crippen molar-refractivity contribution >= 4 is 19.8 Å². The number of carbonyl (C=O) groups excluding carboxylic acids is 2. The maximum Gasteiger partial charge on any atom is 0.472 e. The molecule has 354 valence electrons. The molecule has 15 heteroatoms. The van der Waals surface area contributed by atoms with E-state index >= 15 is 0 Å². The van der Waals surface area contributed by atoms with Gasteiger partial charge in [-0.15, -0.1) is 0 Å². The zero-order valence-corrected chi connectivity index (χ0v) is 37.9. The highest BCUT2D eigenvalue weighted by Crippen LogP contribution is 2.47. The standard InChI is InChI=1S/C47H77O14P/c1-3-5-7-9-11-13-15-17-18-20-22-24-26-28-30-34-40(49)58-36-39(37-59-62(56,57)61-47-45(54)43(52)42(51)44(53)46(47)55)60-41(50)35-31-33-38(48)32-29-27-25-23-21-19-16-14-12-10-8-6-4-2/h5,7,11-14,17-19,21,25,27,29,32,38-39,42-48,51-55H,3-4,6,8-10,15-16,20,22-24,26,28,30-31,33-37H2,1-2H3,(H,56,57)/b7-5-,13-11-,14-12-,18-17-,21-19-,27-25-,32-29+/t38-,39+,42?,43-,44+,45+,46+,47?/m0/s1. The van der Waals surface area contributed by atoms with E-state index in [0.717, 1.165) is 70.6 Å². The van der Waals surface area contributed by atoms with Crippen molar-refractivity contribution in [2.75, 3.05) is 13.2 Å². The van der Waals surface area contributed by atoms with E-state index in [2.05, 4.69) is 74.6 Å². The minimum absolute atomic E-state index is 0.102. The van der Waals surface area contributed by atoms with E-state index in [-0.39, 0.29) is 25.7 Å². The number of unbranched alkanes of at least 4 members (excludes halogenated alkanes) is 8. The number of phosphoric acid groups is 1. The van der Waals surface area contributed by atoms with Crippen molar-refractivity contribution in [2.45, 2.75) is 185 Å². The zero-order chi connectivity index (χ0) is 45.9. The molecule has 0 radical (unpaired) electrons. The van der Waals surface area contributed by atoms with E-state index in [9.17, 15) is 49.7 Å². The first-order valence-electron chi connectivity index (χ1n) is 22.5.